The third-order valence-corrected chi connectivity index (χ3v) is 3.20. The van der Waals surface area contributed by atoms with Crippen LogP contribution in [0.2, 0.25) is 0 Å². The van der Waals surface area contributed by atoms with Crippen LogP contribution in [0.3, 0.4) is 0 Å². The Morgan fingerprint density at radius 2 is 1.95 bits per heavy atom. The minimum atomic E-state index is 0.465. The molecule has 0 bridgehead atoms. The van der Waals surface area contributed by atoms with Crippen LogP contribution in [0.25, 0.3) is 16.6 Å². The van der Waals surface area contributed by atoms with Crippen molar-refractivity contribution in [3.05, 3.63) is 66.1 Å². The third-order valence-electron chi connectivity index (χ3n) is 3.20. The highest BCUT2D eigenvalue weighted by molar-refractivity contribution is 5.82. The fourth-order valence-corrected chi connectivity index (χ4v) is 2.04. The van der Waals surface area contributed by atoms with E-state index in [0.29, 0.717) is 11.4 Å². The number of anilines is 1. The van der Waals surface area contributed by atoms with Gasteiger partial charge in [0.05, 0.1) is 11.0 Å². The Labute approximate surface area is 122 Å². The van der Waals surface area contributed by atoms with Gasteiger partial charge in [-0.25, -0.2) is 4.98 Å². The zero-order chi connectivity index (χ0) is 14.7. The number of fused-ring (bicyclic) bond motifs is 1. The number of hydrogen-bond acceptors (Lipinski definition) is 3. The Bertz CT molecular complexity index is 802. The fourth-order valence-electron chi connectivity index (χ4n) is 2.04. The largest absolute Gasteiger partial charge is 0.360 e. The number of aryl methyl sites for hydroxylation is 1. The Morgan fingerprint density at radius 1 is 1.19 bits per heavy atom. The van der Waals surface area contributed by atoms with Gasteiger partial charge >= 0.3 is 0 Å². The highest BCUT2D eigenvalue weighted by Gasteiger charge is 2.06. The van der Waals surface area contributed by atoms with Crippen LogP contribution in [0.5, 0.6) is 0 Å². The second kappa shape index (κ2) is 5.51. The molecule has 0 spiro atoms. The van der Waals surface area contributed by atoms with E-state index < -0.39 is 0 Å². The molecule has 0 aliphatic rings. The van der Waals surface area contributed by atoms with Gasteiger partial charge in [0.1, 0.15) is 11.6 Å². The average Bonchev–Trinajstić information content (AvgIpc) is 2.93. The lowest BCUT2D eigenvalue weighted by Crippen LogP contribution is -1.92. The summed E-state index contributed by atoms with van der Waals surface area (Å²) in [5, 5.41) is 12.4. The van der Waals surface area contributed by atoms with E-state index in [0.717, 1.165) is 16.7 Å². The molecule has 0 unspecified atom stereocenters. The molecule has 0 aliphatic carbocycles. The van der Waals surface area contributed by atoms with Crippen molar-refractivity contribution in [2.75, 3.05) is 5.32 Å². The van der Waals surface area contributed by atoms with Gasteiger partial charge in [-0.2, -0.15) is 5.26 Å². The van der Waals surface area contributed by atoms with Crippen molar-refractivity contribution < 1.29 is 0 Å². The molecule has 102 valence electrons. The summed E-state index contributed by atoms with van der Waals surface area (Å²) in [6.45, 7) is 2.04. The molecule has 4 heteroatoms. The Balaban J connectivity index is 1.89. The number of nitriles is 1. The first-order chi connectivity index (χ1) is 10.3. The van der Waals surface area contributed by atoms with E-state index in [2.05, 4.69) is 21.4 Å². The monoisotopic (exact) mass is 274 g/mol. The summed E-state index contributed by atoms with van der Waals surface area (Å²) < 4.78 is 0. The normalized spacial score (nSPS) is 11.3. The summed E-state index contributed by atoms with van der Waals surface area (Å²) in [5.41, 5.74) is 4.37. The summed E-state index contributed by atoms with van der Waals surface area (Å²) in [4.78, 5) is 7.57. The molecule has 0 saturated carbocycles. The molecular formula is C17H14N4. The van der Waals surface area contributed by atoms with Gasteiger partial charge in [0, 0.05) is 11.9 Å². The maximum atomic E-state index is 9.31. The molecular weight excluding hydrogens is 260 g/mol. The zero-order valence-electron chi connectivity index (χ0n) is 11.6. The molecule has 0 aliphatic heterocycles. The van der Waals surface area contributed by atoms with Crippen LogP contribution in [0, 0.1) is 18.3 Å². The van der Waals surface area contributed by atoms with Crippen LogP contribution in [-0.4, -0.2) is 9.97 Å². The van der Waals surface area contributed by atoms with Gasteiger partial charge in [-0.3, -0.25) is 0 Å². The number of imidazole rings is 1. The van der Waals surface area contributed by atoms with Gasteiger partial charge < -0.3 is 10.3 Å². The molecule has 0 radical (unpaired) electrons. The topological polar surface area (TPSA) is 64.5 Å². The Kier molecular flexibility index (Phi) is 3.40. The smallest absolute Gasteiger partial charge is 0.150 e. The van der Waals surface area contributed by atoms with E-state index in [4.69, 9.17) is 0 Å². The lowest BCUT2D eigenvalue weighted by Gasteiger charge is -2.01. The summed E-state index contributed by atoms with van der Waals surface area (Å²) in [6.07, 6.45) is 1.67. The molecule has 1 heterocycles. The molecule has 1 aromatic heterocycles. The van der Waals surface area contributed by atoms with E-state index in [1.54, 1.807) is 6.20 Å². The average molecular weight is 274 g/mol. The van der Waals surface area contributed by atoms with E-state index in [1.807, 2.05) is 55.5 Å². The number of aromatic nitrogens is 2. The molecule has 0 fully saturated rings. The van der Waals surface area contributed by atoms with Crippen molar-refractivity contribution in [1.29, 1.82) is 5.26 Å². The zero-order valence-corrected chi connectivity index (χ0v) is 11.6. The highest BCUT2D eigenvalue weighted by Crippen LogP contribution is 2.17. The van der Waals surface area contributed by atoms with Gasteiger partial charge in [0.25, 0.3) is 0 Å². The first-order valence-electron chi connectivity index (χ1n) is 6.65. The summed E-state index contributed by atoms with van der Waals surface area (Å²) in [5.74, 6) is 0.568. The van der Waals surface area contributed by atoms with Crippen molar-refractivity contribution in [3.8, 4) is 6.07 Å². The standard InChI is InChI=1S/C17H14N4/c1-12-6-8-14(9-7-12)19-11-13(10-18)17-20-15-4-2-3-5-16(15)21-17/h2-9,11,19H,1H3,(H,20,21). The number of benzene rings is 2. The molecule has 2 N–H and O–H groups in total. The summed E-state index contributed by atoms with van der Waals surface area (Å²) in [6, 6.07) is 17.9. The van der Waals surface area contributed by atoms with E-state index >= 15 is 0 Å². The number of hydrogen-bond donors (Lipinski definition) is 2. The van der Waals surface area contributed by atoms with Crippen LogP contribution in [0.4, 0.5) is 5.69 Å². The second-order valence-electron chi connectivity index (χ2n) is 4.78. The van der Waals surface area contributed by atoms with Crippen LogP contribution in [-0.2, 0) is 0 Å². The summed E-state index contributed by atoms with van der Waals surface area (Å²) >= 11 is 0. The molecule has 0 saturated heterocycles. The van der Waals surface area contributed by atoms with E-state index in [9.17, 15) is 5.26 Å². The van der Waals surface area contributed by atoms with Gasteiger partial charge in [0.15, 0.2) is 5.82 Å². The Morgan fingerprint density at radius 3 is 2.67 bits per heavy atom. The van der Waals surface area contributed by atoms with E-state index in [-0.39, 0.29) is 0 Å². The number of rotatable bonds is 3. The van der Waals surface area contributed by atoms with Crippen molar-refractivity contribution >= 4 is 22.3 Å². The Hall–Kier alpha value is -3.06. The minimum absolute atomic E-state index is 0.465. The van der Waals surface area contributed by atoms with Crippen LogP contribution in [0.1, 0.15) is 11.4 Å². The number of H-pyrrole nitrogens is 1. The molecule has 4 nitrogen and oxygen atoms in total. The molecule has 2 aromatic carbocycles. The van der Waals surface area contributed by atoms with Crippen molar-refractivity contribution in [1.82, 2.24) is 9.97 Å². The number of aromatic amines is 1. The maximum Gasteiger partial charge on any atom is 0.150 e. The lowest BCUT2D eigenvalue weighted by molar-refractivity contribution is 1.27. The van der Waals surface area contributed by atoms with Crippen molar-refractivity contribution in [3.63, 3.8) is 0 Å². The maximum absolute atomic E-state index is 9.31. The molecule has 21 heavy (non-hydrogen) atoms. The molecule has 3 aromatic rings. The summed E-state index contributed by atoms with van der Waals surface area (Å²) in [7, 11) is 0. The van der Waals surface area contributed by atoms with Crippen LogP contribution < -0.4 is 5.32 Å². The third kappa shape index (κ3) is 2.77. The van der Waals surface area contributed by atoms with Gasteiger partial charge in [-0.15, -0.1) is 0 Å². The first kappa shape index (κ1) is 12.9. The predicted octanol–water partition coefficient (Wildman–Crippen LogP) is 3.85. The fraction of sp³-hybridized carbons (Fsp3) is 0.0588. The molecule has 0 atom stereocenters. The first-order valence-corrected chi connectivity index (χ1v) is 6.65. The molecule has 0 amide bonds. The second-order valence-corrected chi connectivity index (χ2v) is 4.78. The lowest BCUT2D eigenvalue weighted by atomic mass is 10.2. The van der Waals surface area contributed by atoms with Crippen LogP contribution >= 0.6 is 0 Å². The van der Waals surface area contributed by atoms with Gasteiger partial charge in [-0.05, 0) is 31.2 Å². The van der Waals surface area contributed by atoms with Gasteiger partial charge in [-0.1, -0.05) is 29.8 Å². The highest BCUT2D eigenvalue weighted by atomic mass is 14.9. The number of nitrogens with one attached hydrogen (secondary N) is 2. The van der Waals surface area contributed by atoms with E-state index in [1.165, 1.54) is 5.56 Å². The van der Waals surface area contributed by atoms with Crippen LogP contribution in [0.15, 0.2) is 54.7 Å². The minimum Gasteiger partial charge on any atom is -0.360 e. The van der Waals surface area contributed by atoms with Crippen molar-refractivity contribution in [2.24, 2.45) is 0 Å². The predicted molar refractivity (Wildman–Crippen MR) is 84.5 cm³/mol. The van der Waals surface area contributed by atoms with Crippen molar-refractivity contribution in [2.45, 2.75) is 6.92 Å². The number of allylic oxidation sites excluding steroid dienone is 1. The quantitative estimate of drug-likeness (QED) is 0.713. The molecule has 3 rings (SSSR count). The SMILES string of the molecule is Cc1ccc(NC=C(C#N)c2nc3ccccc3[nH]2)cc1. The number of nitrogens with zero attached hydrogens (tertiary/aromatic N) is 2. The number of para-hydroxylation sites is 2. The van der Waals surface area contributed by atoms with Gasteiger partial charge in [0.2, 0.25) is 0 Å².